The topological polar surface area (TPSA) is 90.0 Å². The van der Waals surface area contributed by atoms with Crippen LogP contribution >= 0.6 is 0 Å². The molecule has 3 aromatic carbocycles. The number of ether oxygens (including phenoxy) is 2. The fraction of sp³-hybridized carbons (Fsp3) is 0.100. The van der Waals surface area contributed by atoms with Gasteiger partial charge in [0.15, 0.2) is 0 Å². The predicted octanol–water partition coefficient (Wildman–Crippen LogP) is 4.18. The van der Waals surface area contributed by atoms with Crippen LogP contribution in [0.15, 0.2) is 88.7 Å². The molecule has 0 amide bonds. The molecule has 170 valence electrons. The summed E-state index contributed by atoms with van der Waals surface area (Å²) in [5.74, 6) is -1.14. The first-order valence-electron chi connectivity index (χ1n) is 8.81. The molecule has 0 unspecified atom stereocenters. The lowest BCUT2D eigenvalue weighted by Gasteiger charge is -2.26. The van der Waals surface area contributed by atoms with Gasteiger partial charge in [0.1, 0.15) is 17.2 Å². The van der Waals surface area contributed by atoms with Crippen LogP contribution in [0.1, 0.15) is 0 Å². The van der Waals surface area contributed by atoms with E-state index in [2.05, 4.69) is 4.74 Å². The van der Waals surface area contributed by atoms with Crippen LogP contribution in [0.3, 0.4) is 0 Å². The minimum absolute atomic E-state index is 0.0345. The molecule has 12 heteroatoms. The molecule has 0 saturated heterocycles. The Kier molecular flexibility index (Phi) is 6.37. The summed E-state index contributed by atoms with van der Waals surface area (Å²) in [5.41, 5.74) is -0.679. The van der Waals surface area contributed by atoms with Crippen LogP contribution in [0, 0.1) is 0 Å². The Morgan fingerprint density at radius 1 is 0.750 bits per heavy atom. The van der Waals surface area contributed by atoms with Crippen molar-refractivity contribution in [3.8, 4) is 11.5 Å². The van der Waals surface area contributed by atoms with E-state index in [1.165, 1.54) is 36.4 Å². The van der Waals surface area contributed by atoms with Gasteiger partial charge in [-0.15, -0.1) is 13.2 Å². The van der Waals surface area contributed by atoms with Crippen LogP contribution in [0.25, 0.3) is 0 Å². The number of methoxy groups -OCH3 is 1. The fourth-order valence-electron chi connectivity index (χ4n) is 2.77. The Hall–Kier alpha value is -3.25. The average molecular weight is 487 g/mol. The third-order valence-corrected chi connectivity index (χ3v) is 8.28. The zero-order chi connectivity index (χ0) is 23.6. The van der Waals surface area contributed by atoms with Crippen molar-refractivity contribution in [1.82, 2.24) is 0 Å². The molecule has 0 aliphatic heterocycles. The standard InChI is InChI=1S/C20H16F3NO6S2/c1-29-19-13-12-15(30-20(21,22)23)14-18(19)24(31(25,26)16-8-4-2-5-9-16)32(27,28)17-10-6-3-7-11-17/h2-14H,1H3. The first kappa shape index (κ1) is 23.4. The van der Waals surface area contributed by atoms with Gasteiger partial charge in [-0.25, -0.2) is 16.8 Å². The molecular formula is C20H16F3NO6S2. The Morgan fingerprint density at radius 2 is 1.22 bits per heavy atom. The lowest BCUT2D eigenvalue weighted by atomic mass is 10.3. The average Bonchev–Trinajstić information content (AvgIpc) is 2.74. The van der Waals surface area contributed by atoms with Crippen LogP contribution in [0.4, 0.5) is 18.9 Å². The van der Waals surface area contributed by atoms with Crippen molar-refractivity contribution in [3.63, 3.8) is 0 Å². The molecule has 3 aromatic rings. The Morgan fingerprint density at radius 3 is 1.62 bits per heavy atom. The van der Waals surface area contributed by atoms with Crippen molar-refractivity contribution < 1.29 is 39.5 Å². The van der Waals surface area contributed by atoms with Gasteiger partial charge in [-0.3, -0.25) is 0 Å². The van der Waals surface area contributed by atoms with Gasteiger partial charge in [-0.2, -0.15) is 3.71 Å². The molecule has 0 N–H and O–H groups in total. The summed E-state index contributed by atoms with van der Waals surface area (Å²) in [7, 11) is -8.53. The van der Waals surface area contributed by atoms with E-state index >= 15 is 0 Å². The zero-order valence-electron chi connectivity index (χ0n) is 16.4. The molecule has 0 aromatic heterocycles. The van der Waals surface area contributed by atoms with Crippen molar-refractivity contribution in [2.75, 3.05) is 10.8 Å². The molecule has 0 spiro atoms. The molecule has 0 atom stereocenters. The fourth-order valence-corrected chi connectivity index (χ4v) is 6.51. The van der Waals surface area contributed by atoms with E-state index in [-0.39, 0.29) is 9.46 Å². The number of anilines is 1. The molecule has 0 heterocycles. The normalized spacial score (nSPS) is 12.2. The summed E-state index contributed by atoms with van der Waals surface area (Å²) in [5, 5.41) is 0. The molecule has 0 aliphatic carbocycles. The van der Waals surface area contributed by atoms with Gasteiger partial charge in [-0.1, -0.05) is 36.4 Å². The monoisotopic (exact) mass is 487 g/mol. The maximum absolute atomic E-state index is 13.4. The maximum Gasteiger partial charge on any atom is 0.573 e. The molecule has 0 radical (unpaired) electrons. The number of sulfonamides is 2. The van der Waals surface area contributed by atoms with E-state index in [0.717, 1.165) is 43.5 Å². The number of rotatable bonds is 7. The summed E-state index contributed by atoms with van der Waals surface area (Å²) in [6.45, 7) is 0. The van der Waals surface area contributed by atoms with Crippen molar-refractivity contribution in [2.45, 2.75) is 16.2 Å². The zero-order valence-corrected chi connectivity index (χ0v) is 18.0. The Balaban J connectivity index is 2.33. The largest absolute Gasteiger partial charge is 0.573 e. The lowest BCUT2D eigenvalue weighted by Crippen LogP contribution is -2.37. The number of nitrogens with zero attached hydrogens (tertiary/aromatic N) is 1. The summed E-state index contributed by atoms with van der Waals surface area (Å²) >= 11 is 0. The first-order chi connectivity index (χ1) is 15.0. The molecule has 7 nitrogen and oxygen atoms in total. The molecule has 0 saturated carbocycles. The third kappa shape index (κ3) is 4.81. The number of alkyl halides is 3. The molecule has 3 rings (SSSR count). The summed E-state index contributed by atoms with van der Waals surface area (Å²) < 4.78 is 101. The Labute approximate surface area is 182 Å². The van der Waals surface area contributed by atoms with Crippen molar-refractivity contribution in [1.29, 1.82) is 0 Å². The lowest BCUT2D eigenvalue weighted by molar-refractivity contribution is -0.274. The quantitative estimate of drug-likeness (QED) is 0.497. The summed E-state index contributed by atoms with van der Waals surface area (Å²) in [6.07, 6.45) is -5.09. The second kappa shape index (κ2) is 8.71. The minimum atomic E-state index is -5.09. The highest BCUT2D eigenvalue weighted by molar-refractivity contribution is 8.10. The van der Waals surface area contributed by atoms with Crippen LogP contribution < -0.4 is 13.2 Å². The van der Waals surface area contributed by atoms with Gasteiger partial charge >= 0.3 is 6.36 Å². The van der Waals surface area contributed by atoms with E-state index in [4.69, 9.17) is 4.74 Å². The van der Waals surface area contributed by atoms with Crippen LogP contribution in [-0.4, -0.2) is 30.3 Å². The summed E-state index contributed by atoms with van der Waals surface area (Å²) in [6, 6.07) is 15.7. The van der Waals surface area contributed by atoms with Gasteiger partial charge in [-0.05, 0) is 36.4 Å². The van der Waals surface area contributed by atoms with E-state index in [0.29, 0.717) is 6.07 Å². The number of hydrogen-bond donors (Lipinski definition) is 0. The van der Waals surface area contributed by atoms with E-state index in [9.17, 15) is 30.0 Å². The first-order valence-corrected chi connectivity index (χ1v) is 11.7. The molecule has 0 bridgehead atoms. The van der Waals surface area contributed by atoms with Gasteiger partial charge in [0, 0.05) is 6.07 Å². The van der Waals surface area contributed by atoms with E-state index < -0.39 is 47.6 Å². The Bertz CT molecular complexity index is 1230. The molecular weight excluding hydrogens is 471 g/mol. The maximum atomic E-state index is 13.4. The van der Waals surface area contributed by atoms with Crippen LogP contribution in [-0.2, 0) is 20.0 Å². The van der Waals surface area contributed by atoms with Crippen LogP contribution in [0.5, 0.6) is 11.5 Å². The van der Waals surface area contributed by atoms with Crippen molar-refractivity contribution in [2.24, 2.45) is 0 Å². The number of benzene rings is 3. The highest BCUT2D eigenvalue weighted by Crippen LogP contribution is 2.40. The molecule has 0 fully saturated rings. The van der Waals surface area contributed by atoms with Crippen molar-refractivity contribution in [3.05, 3.63) is 78.9 Å². The van der Waals surface area contributed by atoms with Crippen LogP contribution in [0.2, 0.25) is 0 Å². The predicted molar refractivity (Wildman–Crippen MR) is 109 cm³/mol. The van der Waals surface area contributed by atoms with E-state index in [1.807, 2.05) is 0 Å². The van der Waals surface area contributed by atoms with E-state index in [1.54, 1.807) is 0 Å². The molecule has 32 heavy (non-hydrogen) atoms. The van der Waals surface area contributed by atoms with Gasteiger partial charge in [0.05, 0.1) is 16.9 Å². The highest BCUT2D eigenvalue weighted by atomic mass is 32.3. The third-order valence-electron chi connectivity index (χ3n) is 4.10. The highest BCUT2D eigenvalue weighted by Gasteiger charge is 2.39. The second-order valence-corrected chi connectivity index (χ2v) is 10.0. The number of halogens is 3. The van der Waals surface area contributed by atoms with Gasteiger partial charge < -0.3 is 9.47 Å². The number of hydrogen-bond acceptors (Lipinski definition) is 6. The smallest absolute Gasteiger partial charge is 0.495 e. The minimum Gasteiger partial charge on any atom is -0.495 e. The second-order valence-electron chi connectivity index (χ2n) is 6.21. The SMILES string of the molecule is COc1ccc(OC(F)(F)F)cc1N(S(=O)(=O)c1ccccc1)S(=O)(=O)c1ccccc1. The van der Waals surface area contributed by atoms with Gasteiger partial charge in [0.25, 0.3) is 20.0 Å². The van der Waals surface area contributed by atoms with Crippen molar-refractivity contribution >= 4 is 25.7 Å². The van der Waals surface area contributed by atoms with Gasteiger partial charge in [0.2, 0.25) is 0 Å². The summed E-state index contributed by atoms with van der Waals surface area (Å²) in [4.78, 5) is -0.799. The molecule has 0 aliphatic rings.